The first kappa shape index (κ1) is 19.9. The van der Waals surface area contributed by atoms with Crippen LogP contribution in [0.1, 0.15) is 34.3 Å². The number of benzene rings is 2. The molecule has 1 saturated heterocycles. The van der Waals surface area contributed by atoms with Crippen molar-refractivity contribution >= 4 is 17.5 Å². The van der Waals surface area contributed by atoms with Crippen LogP contribution < -0.4 is 10.1 Å². The molecule has 1 unspecified atom stereocenters. The molecule has 0 aliphatic carbocycles. The third-order valence-electron chi connectivity index (χ3n) is 4.97. The molecule has 0 aromatic heterocycles. The molecule has 2 amide bonds. The van der Waals surface area contributed by atoms with Crippen molar-refractivity contribution in [2.45, 2.75) is 26.7 Å². The minimum Gasteiger partial charge on any atom is -0.494 e. The molecular formula is C22H25FN2O3. The van der Waals surface area contributed by atoms with E-state index in [4.69, 9.17) is 4.74 Å². The number of ether oxygens (including phenoxy) is 1. The van der Waals surface area contributed by atoms with E-state index in [1.807, 2.05) is 32.0 Å². The van der Waals surface area contributed by atoms with Crippen LogP contribution in [0, 0.1) is 25.6 Å². The van der Waals surface area contributed by atoms with Crippen LogP contribution in [0.4, 0.5) is 10.1 Å². The standard InChI is InChI=1S/C22H25FN2O3/c1-14-9-15(2)11-17(10-14)22(27)25-8-4-5-16(13-25)21(26)24-19-7-6-18(23)12-20(19)28-3/h6-7,9-12,16H,4-5,8,13H2,1-3H3,(H,24,26). The van der Waals surface area contributed by atoms with Crippen LogP contribution >= 0.6 is 0 Å². The van der Waals surface area contributed by atoms with E-state index in [1.54, 1.807) is 4.90 Å². The second-order valence-electron chi connectivity index (χ2n) is 7.30. The Balaban J connectivity index is 1.70. The molecule has 1 atom stereocenters. The predicted octanol–water partition coefficient (Wildman–Crippen LogP) is 3.94. The Bertz CT molecular complexity index is 877. The Morgan fingerprint density at radius 1 is 1.14 bits per heavy atom. The lowest BCUT2D eigenvalue weighted by atomic mass is 9.96. The fraction of sp³-hybridized carbons (Fsp3) is 0.364. The van der Waals surface area contributed by atoms with Gasteiger partial charge in [-0.15, -0.1) is 0 Å². The van der Waals surface area contributed by atoms with Crippen molar-refractivity contribution in [2.75, 3.05) is 25.5 Å². The zero-order valence-corrected chi connectivity index (χ0v) is 16.4. The van der Waals surface area contributed by atoms with Gasteiger partial charge in [-0.1, -0.05) is 17.2 Å². The van der Waals surface area contributed by atoms with Crippen LogP contribution in [0.2, 0.25) is 0 Å². The minimum absolute atomic E-state index is 0.0522. The number of nitrogens with zero attached hydrogens (tertiary/aromatic N) is 1. The highest BCUT2D eigenvalue weighted by atomic mass is 19.1. The highest BCUT2D eigenvalue weighted by molar-refractivity contribution is 5.97. The summed E-state index contributed by atoms with van der Waals surface area (Å²) in [6.45, 7) is 4.93. The van der Waals surface area contributed by atoms with Crippen LogP contribution in [0.15, 0.2) is 36.4 Å². The van der Waals surface area contributed by atoms with Gasteiger partial charge in [0, 0.05) is 24.7 Å². The molecule has 0 saturated carbocycles. The molecule has 148 valence electrons. The van der Waals surface area contributed by atoms with Gasteiger partial charge in [-0.3, -0.25) is 9.59 Å². The smallest absolute Gasteiger partial charge is 0.253 e. The molecule has 28 heavy (non-hydrogen) atoms. The van der Waals surface area contributed by atoms with E-state index >= 15 is 0 Å². The maximum atomic E-state index is 13.3. The quantitative estimate of drug-likeness (QED) is 0.869. The molecule has 1 aliphatic rings. The third-order valence-corrected chi connectivity index (χ3v) is 4.97. The molecule has 3 rings (SSSR count). The van der Waals surface area contributed by atoms with Crippen molar-refractivity contribution in [3.63, 3.8) is 0 Å². The van der Waals surface area contributed by atoms with E-state index in [9.17, 15) is 14.0 Å². The SMILES string of the molecule is COc1cc(F)ccc1NC(=O)C1CCCN(C(=O)c2cc(C)cc(C)c2)C1. The van der Waals surface area contributed by atoms with Gasteiger partial charge in [0.2, 0.25) is 5.91 Å². The average Bonchev–Trinajstić information content (AvgIpc) is 2.68. The summed E-state index contributed by atoms with van der Waals surface area (Å²) in [5.41, 5.74) is 3.15. The highest BCUT2D eigenvalue weighted by Crippen LogP contribution is 2.27. The fourth-order valence-electron chi connectivity index (χ4n) is 3.66. The van der Waals surface area contributed by atoms with Crippen LogP contribution in [0.3, 0.4) is 0 Å². The van der Waals surface area contributed by atoms with E-state index in [0.717, 1.165) is 17.5 Å². The molecule has 6 heteroatoms. The Hall–Kier alpha value is -2.89. The molecule has 2 aromatic rings. The number of carbonyl (C=O) groups excluding carboxylic acids is 2. The van der Waals surface area contributed by atoms with Gasteiger partial charge in [0.1, 0.15) is 11.6 Å². The summed E-state index contributed by atoms with van der Waals surface area (Å²) in [6.07, 6.45) is 1.46. The molecule has 0 spiro atoms. The summed E-state index contributed by atoms with van der Waals surface area (Å²) < 4.78 is 18.5. The lowest BCUT2D eigenvalue weighted by molar-refractivity contribution is -0.121. The number of hydrogen-bond donors (Lipinski definition) is 1. The van der Waals surface area contributed by atoms with E-state index in [2.05, 4.69) is 5.32 Å². The summed E-state index contributed by atoms with van der Waals surface area (Å²) in [6, 6.07) is 9.76. The molecule has 1 heterocycles. The zero-order chi connectivity index (χ0) is 20.3. The Labute approximate surface area is 164 Å². The van der Waals surface area contributed by atoms with Gasteiger partial charge in [-0.2, -0.15) is 0 Å². The molecule has 0 bridgehead atoms. The second kappa shape index (κ2) is 8.42. The fourth-order valence-corrected chi connectivity index (χ4v) is 3.66. The first-order chi connectivity index (χ1) is 13.4. The van der Waals surface area contributed by atoms with Crippen molar-refractivity contribution in [3.05, 3.63) is 58.9 Å². The predicted molar refractivity (Wildman–Crippen MR) is 106 cm³/mol. The summed E-state index contributed by atoms with van der Waals surface area (Å²) in [5, 5.41) is 2.81. The van der Waals surface area contributed by atoms with Crippen molar-refractivity contribution in [2.24, 2.45) is 5.92 Å². The number of halogens is 1. The van der Waals surface area contributed by atoms with Crippen LogP contribution in [0.25, 0.3) is 0 Å². The number of carbonyl (C=O) groups is 2. The van der Waals surface area contributed by atoms with Crippen LogP contribution in [-0.4, -0.2) is 36.9 Å². The first-order valence-electron chi connectivity index (χ1n) is 9.39. The lowest BCUT2D eigenvalue weighted by Crippen LogP contribution is -2.43. The number of methoxy groups -OCH3 is 1. The van der Waals surface area contributed by atoms with Gasteiger partial charge in [-0.05, 0) is 51.0 Å². The summed E-state index contributed by atoms with van der Waals surface area (Å²) in [7, 11) is 1.43. The number of hydrogen-bond acceptors (Lipinski definition) is 3. The largest absolute Gasteiger partial charge is 0.494 e. The molecule has 5 nitrogen and oxygen atoms in total. The van der Waals surface area contributed by atoms with Crippen molar-refractivity contribution < 1.29 is 18.7 Å². The van der Waals surface area contributed by atoms with E-state index < -0.39 is 5.82 Å². The Morgan fingerprint density at radius 3 is 2.54 bits per heavy atom. The Morgan fingerprint density at radius 2 is 1.86 bits per heavy atom. The summed E-state index contributed by atoms with van der Waals surface area (Å²) in [5.74, 6) is -0.727. The van der Waals surface area contributed by atoms with Crippen molar-refractivity contribution in [1.82, 2.24) is 4.90 Å². The number of piperidine rings is 1. The van der Waals surface area contributed by atoms with Gasteiger partial charge < -0.3 is 15.0 Å². The lowest BCUT2D eigenvalue weighted by Gasteiger charge is -2.32. The van der Waals surface area contributed by atoms with Gasteiger partial charge >= 0.3 is 0 Å². The highest BCUT2D eigenvalue weighted by Gasteiger charge is 2.29. The van der Waals surface area contributed by atoms with Crippen molar-refractivity contribution in [1.29, 1.82) is 0 Å². The molecule has 1 fully saturated rings. The number of nitrogens with one attached hydrogen (secondary N) is 1. The molecular weight excluding hydrogens is 359 g/mol. The topological polar surface area (TPSA) is 58.6 Å². The second-order valence-corrected chi connectivity index (χ2v) is 7.30. The molecule has 0 radical (unpaired) electrons. The maximum Gasteiger partial charge on any atom is 0.253 e. The summed E-state index contributed by atoms with van der Waals surface area (Å²) in [4.78, 5) is 27.4. The molecule has 1 aliphatic heterocycles. The number of anilines is 1. The van der Waals surface area contributed by atoms with E-state index in [-0.39, 0.29) is 23.5 Å². The first-order valence-corrected chi connectivity index (χ1v) is 9.39. The number of likely N-dealkylation sites (tertiary alicyclic amines) is 1. The van der Waals surface area contributed by atoms with Crippen LogP contribution in [-0.2, 0) is 4.79 Å². The van der Waals surface area contributed by atoms with E-state index in [0.29, 0.717) is 30.8 Å². The zero-order valence-electron chi connectivity index (χ0n) is 16.4. The summed E-state index contributed by atoms with van der Waals surface area (Å²) >= 11 is 0. The van der Waals surface area contributed by atoms with Gasteiger partial charge in [-0.25, -0.2) is 4.39 Å². The average molecular weight is 384 g/mol. The Kier molecular flexibility index (Phi) is 5.97. The maximum absolute atomic E-state index is 13.3. The van der Waals surface area contributed by atoms with Crippen molar-refractivity contribution in [3.8, 4) is 5.75 Å². The molecule has 1 N–H and O–H groups in total. The van der Waals surface area contributed by atoms with Gasteiger partial charge in [0.15, 0.2) is 0 Å². The molecule has 2 aromatic carbocycles. The monoisotopic (exact) mass is 384 g/mol. The van der Waals surface area contributed by atoms with E-state index in [1.165, 1.54) is 25.3 Å². The third kappa shape index (κ3) is 4.50. The number of amides is 2. The van der Waals surface area contributed by atoms with Gasteiger partial charge in [0.25, 0.3) is 5.91 Å². The normalized spacial score (nSPS) is 16.6. The minimum atomic E-state index is -0.433. The number of rotatable bonds is 4. The van der Waals surface area contributed by atoms with Gasteiger partial charge in [0.05, 0.1) is 18.7 Å². The number of aryl methyl sites for hydroxylation is 2. The van der Waals surface area contributed by atoms with Crippen LogP contribution in [0.5, 0.6) is 5.75 Å².